The van der Waals surface area contributed by atoms with Crippen molar-refractivity contribution < 1.29 is 9.90 Å². The molecule has 0 aliphatic carbocycles. The third-order valence-corrected chi connectivity index (χ3v) is 3.56. The van der Waals surface area contributed by atoms with Gasteiger partial charge in [-0.05, 0) is 37.1 Å². The van der Waals surface area contributed by atoms with E-state index >= 15 is 0 Å². The number of fused-ring (bicyclic) bond motifs is 1. The maximum Gasteiger partial charge on any atom is 0.229 e. The van der Waals surface area contributed by atoms with Crippen molar-refractivity contribution in [1.82, 2.24) is 14.4 Å². The van der Waals surface area contributed by atoms with Crippen molar-refractivity contribution in [3.05, 3.63) is 59.8 Å². The molecule has 0 aliphatic rings. The van der Waals surface area contributed by atoms with Gasteiger partial charge >= 0.3 is 0 Å². The van der Waals surface area contributed by atoms with Crippen molar-refractivity contribution in [3.8, 4) is 5.75 Å². The Hall–Kier alpha value is -2.69. The van der Waals surface area contributed by atoms with Crippen LogP contribution in [0.15, 0.2) is 42.7 Å². The minimum absolute atomic E-state index is 0.0425. The topological polar surface area (TPSA) is 67.5 Å². The zero-order chi connectivity index (χ0) is 15.5. The number of rotatable bonds is 5. The van der Waals surface area contributed by atoms with E-state index in [9.17, 15) is 9.90 Å². The Balaban J connectivity index is 2.10. The van der Waals surface area contributed by atoms with Crippen LogP contribution in [0.2, 0.25) is 0 Å². The Morgan fingerprint density at radius 1 is 1.27 bits per heavy atom. The number of pyridine rings is 2. The molecule has 0 atom stereocenters. The number of ketones is 1. The lowest BCUT2D eigenvalue weighted by atomic mass is 10.1. The molecule has 0 amide bonds. The second-order valence-corrected chi connectivity index (χ2v) is 5.17. The minimum Gasteiger partial charge on any atom is -0.506 e. The van der Waals surface area contributed by atoms with Crippen LogP contribution in [0.5, 0.6) is 5.75 Å². The van der Waals surface area contributed by atoms with Crippen LogP contribution >= 0.6 is 0 Å². The summed E-state index contributed by atoms with van der Waals surface area (Å²) < 4.78 is 1.81. The van der Waals surface area contributed by atoms with Crippen LogP contribution in [-0.4, -0.2) is 25.3 Å². The van der Waals surface area contributed by atoms with Crippen molar-refractivity contribution in [2.45, 2.75) is 26.2 Å². The molecule has 0 unspecified atom stereocenters. The molecule has 3 heterocycles. The highest BCUT2D eigenvalue weighted by atomic mass is 16.3. The van der Waals surface area contributed by atoms with Crippen molar-refractivity contribution in [2.24, 2.45) is 0 Å². The summed E-state index contributed by atoms with van der Waals surface area (Å²) in [5.41, 5.74) is 2.42. The highest BCUT2D eigenvalue weighted by molar-refractivity contribution is 6.07. The molecule has 0 fully saturated rings. The van der Waals surface area contributed by atoms with E-state index in [-0.39, 0.29) is 11.5 Å². The lowest BCUT2D eigenvalue weighted by molar-refractivity contribution is 0.102. The molecule has 22 heavy (non-hydrogen) atoms. The number of hydrogen-bond acceptors (Lipinski definition) is 4. The summed E-state index contributed by atoms with van der Waals surface area (Å²) in [4.78, 5) is 21.4. The van der Waals surface area contributed by atoms with Gasteiger partial charge in [-0.15, -0.1) is 0 Å². The molecular formula is C17H17N3O2. The molecule has 5 nitrogen and oxygen atoms in total. The summed E-state index contributed by atoms with van der Waals surface area (Å²) in [6, 6.07) is 8.66. The van der Waals surface area contributed by atoms with Gasteiger partial charge in [0.05, 0.1) is 11.9 Å². The van der Waals surface area contributed by atoms with E-state index < -0.39 is 0 Å². The number of unbranched alkanes of at least 4 members (excludes halogenated alkanes) is 1. The van der Waals surface area contributed by atoms with E-state index in [4.69, 9.17) is 0 Å². The van der Waals surface area contributed by atoms with Gasteiger partial charge in [0.1, 0.15) is 22.8 Å². The van der Waals surface area contributed by atoms with Gasteiger partial charge < -0.3 is 5.11 Å². The number of carbonyl (C=O) groups is 1. The van der Waals surface area contributed by atoms with Crippen LogP contribution in [-0.2, 0) is 6.42 Å². The summed E-state index contributed by atoms with van der Waals surface area (Å²) in [7, 11) is 0. The van der Waals surface area contributed by atoms with Gasteiger partial charge in [-0.2, -0.15) is 0 Å². The molecule has 1 N–H and O–H groups in total. The molecular weight excluding hydrogens is 278 g/mol. The maximum absolute atomic E-state index is 12.8. The van der Waals surface area contributed by atoms with Crippen LogP contribution < -0.4 is 0 Å². The molecule has 3 aromatic rings. The van der Waals surface area contributed by atoms with E-state index in [1.54, 1.807) is 0 Å². The summed E-state index contributed by atoms with van der Waals surface area (Å²) in [6.07, 6.45) is 5.90. The summed E-state index contributed by atoms with van der Waals surface area (Å²) >= 11 is 0. The lowest BCUT2D eigenvalue weighted by Gasteiger charge is -2.04. The Kier molecular flexibility index (Phi) is 3.87. The fourth-order valence-electron chi connectivity index (χ4n) is 2.45. The first kappa shape index (κ1) is 14.3. The first-order valence-corrected chi connectivity index (χ1v) is 7.36. The third kappa shape index (κ3) is 2.57. The van der Waals surface area contributed by atoms with Crippen molar-refractivity contribution >= 4 is 11.4 Å². The van der Waals surface area contributed by atoms with Crippen LogP contribution in [0.25, 0.3) is 5.65 Å². The Bertz CT molecular complexity index is 806. The third-order valence-electron chi connectivity index (χ3n) is 3.56. The van der Waals surface area contributed by atoms with Crippen LogP contribution in [0, 0.1) is 0 Å². The Morgan fingerprint density at radius 2 is 2.14 bits per heavy atom. The first-order valence-electron chi connectivity index (χ1n) is 7.36. The molecule has 0 radical (unpaired) electrons. The standard InChI is InChI=1S/C17H17N3O2/c1-2-3-6-13-16(20-10-5-4-7-15(20)19-13)17(22)14-9-8-12(21)11-18-14/h4-5,7-11,21H,2-3,6H2,1H3. The van der Waals surface area contributed by atoms with E-state index in [1.807, 2.05) is 28.8 Å². The molecule has 0 bridgehead atoms. The van der Waals surface area contributed by atoms with Crippen LogP contribution in [0.1, 0.15) is 41.6 Å². The van der Waals surface area contributed by atoms with Gasteiger partial charge in [-0.3, -0.25) is 9.20 Å². The zero-order valence-corrected chi connectivity index (χ0v) is 12.4. The van der Waals surface area contributed by atoms with Gasteiger partial charge in [0.2, 0.25) is 5.78 Å². The average molecular weight is 295 g/mol. The molecule has 0 spiro atoms. The number of aryl methyl sites for hydroxylation is 1. The molecule has 0 aliphatic heterocycles. The van der Waals surface area contributed by atoms with Crippen LogP contribution in [0.4, 0.5) is 0 Å². The Morgan fingerprint density at radius 3 is 2.86 bits per heavy atom. The average Bonchev–Trinajstić information content (AvgIpc) is 2.91. The van der Waals surface area contributed by atoms with Gasteiger partial charge in [0.25, 0.3) is 0 Å². The number of carbonyl (C=O) groups excluding carboxylic acids is 1. The lowest BCUT2D eigenvalue weighted by Crippen LogP contribution is -2.10. The molecule has 3 rings (SSSR count). The Labute approximate surface area is 128 Å². The molecule has 0 saturated carbocycles. The second-order valence-electron chi connectivity index (χ2n) is 5.17. The smallest absolute Gasteiger partial charge is 0.229 e. The first-order chi connectivity index (χ1) is 10.7. The van der Waals surface area contributed by atoms with Crippen molar-refractivity contribution in [3.63, 3.8) is 0 Å². The number of imidazole rings is 1. The summed E-state index contributed by atoms with van der Waals surface area (Å²) in [6.45, 7) is 2.11. The zero-order valence-electron chi connectivity index (χ0n) is 12.4. The van der Waals surface area contributed by atoms with Crippen molar-refractivity contribution in [1.29, 1.82) is 0 Å². The quantitative estimate of drug-likeness (QED) is 0.735. The maximum atomic E-state index is 12.8. The van der Waals surface area contributed by atoms with Gasteiger partial charge in [0.15, 0.2) is 0 Å². The molecule has 0 aromatic carbocycles. The fourth-order valence-corrected chi connectivity index (χ4v) is 2.45. The van der Waals surface area contributed by atoms with E-state index in [0.29, 0.717) is 11.4 Å². The highest BCUT2D eigenvalue weighted by Gasteiger charge is 2.21. The van der Waals surface area contributed by atoms with Crippen molar-refractivity contribution in [2.75, 3.05) is 0 Å². The predicted octanol–water partition coefficient (Wildman–Crippen LogP) is 3.01. The minimum atomic E-state index is -0.176. The fraction of sp³-hybridized carbons (Fsp3) is 0.235. The second kappa shape index (κ2) is 5.97. The predicted molar refractivity (Wildman–Crippen MR) is 83.1 cm³/mol. The van der Waals surface area contributed by atoms with E-state index in [0.717, 1.165) is 30.6 Å². The van der Waals surface area contributed by atoms with Gasteiger partial charge in [0, 0.05) is 6.20 Å². The van der Waals surface area contributed by atoms with Gasteiger partial charge in [-0.1, -0.05) is 19.4 Å². The number of hydrogen-bond donors (Lipinski definition) is 1. The van der Waals surface area contributed by atoms with E-state index in [2.05, 4.69) is 16.9 Å². The molecule has 0 saturated heterocycles. The largest absolute Gasteiger partial charge is 0.506 e. The molecule has 3 aromatic heterocycles. The molecule has 5 heteroatoms. The highest BCUT2D eigenvalue weighted by Crippen LogP contribution is 2.19. The number of aromatic nitrogens is 3. The van der Waals surface area contributed by atoms with Gasteiger partial charge in [-0.25, -0.2) is 9.97 Å². The number of nitrogens with zero attached hydrogens (tertiary/aromatic N) is 3. The summed E-state index contributed by atoms with van der Waals surface area (Å²) in [5.74, 6) is -0.134. The normalized spacial score (nSPS) is 11.0. The SMILES string of the molecule is CCCCc1nc2ccccn2c1C(=O)c1ccc(O)cn1. The molecule has 112 valence electrons. The van der Waals surface area contributed by atoms with E-state index in [1.165, 1.54) is 18.3 Å². The number of aromatic hydroxyl groups is 1. The summed E-state index contributed by atoms with van der Waals surface area (Å²) in [5, 5.41) is 9.32. The van der Waals surface area contributed by atoms with Crippen LogP contribution in [0.3, 0.4) is 0 Å². The monoisotopic (exact) mass is 295 g/mol.